The molecule has 0 aliphatic heterocycles. The second kappa shape index (κ2) is 7.11. The second-order valence-electron chi connectivity index (χ2n) is 4.40. The van der Waals surface area contributed by atoms with Gasteiger partial charge in [-0.15, -0.1) is 0 Å². The van der Waals surface area contributed by atoms with Gasteiger partial charge in [0.1, 0.15) is 11.5 Å². The van der Waals surface area contributed by atoms with E-state index in [9.17, 15) is 4.79 Å². The van der Waals surface area contributed by atoms with Crippen molar-refractivity contribution >= 4 is 5.97 Å². The van der Waals surface area contributed by atoms with Crippen LogP contribution >= 0.6 is 0 Å². The van der Waals surface area contributed by atoms with E-state index in [2.05, 4.69) is 6.92 Å². The molecule has 0 fully saturated rings. The maximum absolute atomic E-state index is 11.7. The zero-order valence-electron chi connectivity index (χ0n) is 11.7. The normalized spacial score (nSPS) is 9.71. The van der Waals surface area contributed by atoms with Gasteiger partial charge in [-0.1, -0.05) is 19.1 Å². The van der Waals surface area contributed by atoms with E-state index in [1.54, 1.807) is 24.3 Å². The summed E-state index contributed by atoms with van der Waals surface area (Å²) >= 11 is 0. The molecule has 0 aromatic heterocycles. The van der Waals surface area contributed by atoms with E-state index in [-0.39, 0.29) is 6.61 Å². The Morgan fingerprint density at radius 3 is 2.24 bits per heavy atom. The van der Waals surface area contributed by atoms with Gasteiger partial charge in [-0.05, 0) is 48.4 Å². The van der Waals surface area contributed by atoms with Crippen LogP contribution in [0.4, 0.5) is 0 Å². The minimum Gasteiger partial charge on any atom is -0.482 e. The molecule has 0 radical (unpaired) electrons. The van der Waals surface area contributed by atoms with Crippen LogP contribution in [0.15, 0.2) is 48.5 Å². The van der Waals surface area contributed by atoms with Crippen molar-refractivity contribution in [3.05, 3.63) is 59.7 Å². The van der Waals surface area contributed by atoms with Crippen molar-refractivity contribution in [2.45, 2.75) is 13.3 Å². The van der Waals surface area contributed by atoms with Gasteiger partial charge in [0.15, 0.2) is 6.61 Å². The first-order valence-corrected chi connectivity index (χ1v) is 6.64. The number of carbonyl (C=O) groups is 1. The number of aryl methyl sites for hydroxylation is 1. The molecule has 0 aliphatic rings. The van der Waals surface area contributed by atoms with Gasteiger partial charge < -0.3 is 9.47 Å². The highest BCUT2D eigenvalue weighted by molar-refractivity contribution is 5.74. The quantitative estimate of drug-likeness (QED) is 0.624. The Kier molecular flexibility index (Phi) is 4.94. The Hall–Kier alpha value is -2.80. The summed E-state index contributed by atoms with van der Waals surface area (Å²) in [5.41, 5.74) is 1.73. The molecule has 0 atom stereocenters. The zero-order chi connectivity index (χ0) is 15.1. The monoisotopic (exact) mass is 281 g/mol. The number of benzene rings is 2. The highest BCUT2D eigenvalue weighted by Gasteiger charge is 2.06. The molecule has 2 aromatic carbocycles. The molecular weight excluding hydrogens is 266 g/mol. The van der Waals surface area contributed by atoms with Gasteiger partial charge >= 0.3 is 5.97 Å². The molecule has 4 heteroatoms. The molecule has 0 bridgehead atoms. The van der Waals surface area contributed by atoms with Crippen molar-refractivity contribution in [1.82, 2.24) is 0 Å². The van der Waals surface area contributed by atoms with E-state index in [4.69, 9.17) is 14.7 Å². The summed E-state index contributed by atoms with van der Waals surface area (Å²) in [4.78, 5) is 11.7. The summed E-state index contributed by atoms with van der Waals surface area (Å²) in [5, 5.41) is 8.68. The highest BCUT2D eigenvalue weighted by Crippen LogP contribution is 2.14. The van der Waals surface area contributed by atoms with Crippen LogP contribution in [0, 0.1) is 11.3 Å². The van der Waals surface area contributed by atoms with Gasteiger partial charge in [-0.3, -0.25) is 0 Å². The number of rotatable bonds is 5. The largest absolute Gasteiger partial charge is 0.482 e. The Bertz CT molecular complexity index is 639. The molecule has 106 valence electrons. The molecular formula is C17H15NO3. The predicted molar refractivity (Wildman–Crippen MR) is 78.1 cm³/mol. The van der Waals surface area contributed by atoms with Crippen LogP contribution in [0.1, 0.15) is 18.1 Å². The molecule has 4 nitrogen and oxygen atoms in total. The number of nitriles is 1. The topological polar surface area (TPSA) is 59.3 Å². The Morgan fingerprint density at radius 2 is 1.67 bits per heavy atom. The van der Waals surface area contributed by atoms with Crippen LogP contribution in [0.3, 0.4) is 0 Å². The lowest BCUT2D eigenvalue weighted by Gasteiger charge is -2.07. The average Bonchev–Trinajstić information content (AvgIpc) is 2.54. The number of ether oxygens (including phenoxy) is 2. The van der Waals surface area contributed by atoms with Crippen LogP contribution in [0.5, 0.6) is 11.5 Å². The molecule has 0 unspecified atom stereocenters. The first-order valence-electron chi connectivity index (χ1n) is 6.64. The number of carbonyl (C=O) groups excluding carboxylic acids is 1. The second-order valence-corrected chi connectivity index (χ2v) is 4.40. The maximum Gasteiger partial charge on any atom is 0.349 e. The molecule has 0 amide bonds. The summed E-state index contributed by atoms with van der Waals surface area (Å²) in [7, 11) is 0. The van der Waals surface area contributed by atoms with Gasteiger partial charge in [0, 0.05) is 0 Å². The Balaban J connectivity index is 1.85. The van der Waals surface area contributed by atoms with Crippen molar-refractivity contribution in [2.75, 3.05) is 6.61 Å². The van der Waals surface area contributed by atoms with Crippen molar-refractivity contribution in [3.8, 4) is 17.6 Å². The van der Waals surface area contributed by atoms with Crippen LogP contribution in [-0.2, 0) is 11.2 Å². The van der Waals surface area contributed by atoms with Crippen LogP contribution in [0.2, 0.25) is 0 Å². The van der Waals surface area contributed by atoms with Gasteiger partial charge in [0.25, 0.3) is 0 Å². The first-order chi connectivity index (χ1) is 10.2. The van der Waals surface area contributed by atoms with Gasteiger partial charge in [-0.25, -0.2) is 4.79 Å². The average molecular weight is 281 g/mol. The molecule has 0 spiro atoms. The van der Waals surface area contributed by atoms with E-state index >= 15 is 0 Å². The SMILES string of the molecule is CCc1ccc(OCC(=O)Oc2ccc(C#N)cc2)cc1. The fourth-order valence-corrected chi connectivity index (χ4v) is 1.72. The first kappa shape index (κ1) is 14.6. The summed E-state index contributed by atoms with van der Waals surface area (Å²) in [6, 6.07) is 15.9. The maximum atomic E-state index is 11.7. The number of hydrogen-bond donors (Lipinski definition) is 0. The zero-order valence-corrected chi connectivity index (χ0v) is 11.7. The third kappa shape index (κ3) is 4.36. The van der Waals surface area contributed by atoms with Gasteiger partial charge in [0.05, 0.1) is 11.6 Å². The molecule has 0 saturated carbocycles. The van der Waals surface area contributed by atoms with Crippen molar-refractivity contribution in [1.29, 1.82) is 5.26 Å². The van der Waals surface area contributed by atoms with Gasteiger partial charge in [0.2, 0.25) is 0 Å². The summed E-state index contributed by atoms with van der Waals surface area (Å²) < 4.78 is 10.5. The molecule has 0 saturated heterocycles. The third-order valence-corrected chi connectivity index (χ3v) is 2.90. The van der Waals surface area contributed by atoms with Crippen molar-refractivity contribution in [2.24, 2.45) is 0 Å². The van der Waals surface area contributed by atoms with Crippen LogP contribution in [-0.4, -0.2) is 12.6 Å². The Labute approximate surface area is 123 Å². The van der Waals surface area contributed by atoms with Crippen molar-refractivity contribution in [3.63, 3.8) is 0 Å². The minimum atomic E-state index is -0.487. The molecule has 2 aromatic rings. The van der Waals surface area contributed by atoms with Gasteiger partial charge in [-0.2, -0.15) is 5.26 Å². The molecule has 0 N–H and O–H groups in total. The number of esters is 1. The van der Waals surface area contributed by atoms with E-state index in [0.29, 0.717) is 17.1 Å². The fraction of sp³-hybridized carbons (Fsp3) is 0.176. The predicted octanol–water partition coefficient (Wildman–Crippen LogP) is 3.11. The Morgan fingerprint density at radius 1 is 1.05 bits per heavy atom. The number of nitrogens with zero attached hydrogens (tertiary/aromatic N) is 1. The number of hydrogen-bond acceptors (Lipinski definition) is 4. The lowest BCUT2D eigenvalue weighted by Crippen LogP contribution is -2.17. The molecule has 0 aliphatic carbocycles. The smallest absolute Gasteiger partial charge is 0.349 e. The molecule has 2 rings (SSSR count). The van der Waals surface area contributed by atoms with Crippen LogP contribution in [0.25, 0.3) is 0 Å². The van der Waals surface area contributed by atoms with E-state index < -0.39 is 5.97 Å². The van der Waals surface area contributed by atoms with E-state index in [0.717, 1.165) is 6.42 Å². The lowest BCUT2D eigenvalue weighted by atomic mass is 10.2. The minimum absolute atomic E-state index is 0.161. The standard InChI is InChI=1S/C17H15NO3/c1-2-13-3-7-15(8-4-13)20-12-17(19)21-16-9-5-14(11-18)6-10-16/h3-10H,2,12H2,1H3. The third-order valence-electron chi connectivity index (χ3n) is 2.90. The summed E-state index contributed by atoms with van der Waals surface area (Å²) in [6.45, 7) is 1.91. The summed E-state index contributed by atoms with van der Waals surface area (Å²) in [5.74, 6) is 0.534. The van der Waals surface area contributed by atoms with Crippen LogP contribution < -0.4 is 9.47 Å². The highest BCUT2D eigenvalue weighted by atomic mass is 16.6. The lowest BCUT2D eigenvalue weighted by molar-refractivity contribution is -0.136. The molecule has 0 heterocycles. The fourth-order valence-electron chi connectivity index (χ4n) is 1.72. The van der Waals surface area contributed by atoms with E-state index in [1.165, 1.54) is 5.56 Å². The van der Waals surface area contributed by atoms with E-state index in [1.807, 2.05) is 30.3 Å². The summed E-state index contributed by atoms with van der Waals surface area (Å²) in [6.07, 6.45) is 0.959. The van der Waals surface area contributed by atoms with Crippen molar-refractivity contribution < 1.29 is 14.3 Å². The molecule has 21 heavy (non-hydrogen) atoms.